The largest absolute Gasteiger partial charge is 2.00 e. The average molecular weight is 752 g/mol. The molecule has 0 saturated heterocycles. The van der Waals surface area contributed by atoms with Gasteiger partial charge in [0.25, 0.3) is 0 Å². The first-order chi connectivity index (χ1) is 22.7. The molecule has 0 radical (unpaired) electrons. The molecule has 0 heterocycles. The van der Waals surface area contributed by atoms with E-state index < -0.39 is 0 Å². The molecule has 6 aliphatic carbocycles. The Morgan fingerprint density at radius 2 is 0.878 bits per heavy atom. The summed E-state index contributed by atoms with van der Waals surface area (Å²) in [5.41, 5.74) is 6.99. The van der Waals surface area contributed by atoms with Gasteiger partial charge in [-0.3, -0.25) is 0 Å². The molecular formula is C45H79FeNP2. The predicted molar refractivity (Wildman–Crippen MR) is 221 cm³/mol. The first kappa shape index (κ1) is 44.0. The van der Waals surface area contributed by atoms with Crippen LogP contribution in [-0.2, 0) is 17.1 Å². The van der Waals surface area contributed by atoms with Crippen LogP contribution in [0, 0.1) is 20.8 Å². The monoisotopic (exact) mass is 752 g/mol. The van der Waals surface area contributed by atoms with Gasteiger partial charge in [-0.15, -0.1) is 0 Å². The maximum atomic E-state index is 2.73. The number of rotatable bonds is 9. The number of nitrogens with zero attached hydrogens (tertiary/aromatic N) is 1. The van der Waals surface area contributed by atoms with E-state index >= 15 is 0 Å². The Morgan fingerprint density at radius 1 is 0.490 bits per heavy atom. The minimum atomic E-state index is -0.0597. The average Bonchev–Trinajstić information content (AvgIpc) is 3.85. The summed E-state index contributed by atoms with van der Waals surface area (Å²) in [4.78, 5) is 2.73. The molecule has 4 heteroatoms. The van der Waals surface area contributed by atoms with Crippen molar-refractivity contribution >= 4 is 21.1 Å². The quantitative estimate of drug-likeness (QED) is 0.138. The first-order valence-corrected chi connectivity index (χ1v) is 24.1. The summed E-state index contributed by atoms with van der Waals surface area (Å²) < 4.78 is 0. The zero-order valence-corrected chi connectivity index (χ0v) is 35.7. The van der Waals surface area contributed by atoms with E-state index in [-0.39, 0.29) is 47.8 Å². The Bertz CT molecular complexity index is 944. The summed E-state index contributed by atoms with van der Waals surface area (Å²) in [5, 5.41) is 1.88. The second-order valence-corrected chi connectivity index (χ2v) is 22.7. The number of hydrogen-bond donors (Lipinski definition) is 0. The van der Waals surface area contributed by atoms with E-state index in [1.807, 2.05) is 5.30 Å². The summed E-state index contributed by atoms with van der Waals surface area (Å²) in [6.07, 6.45) is 42.5. The van der Waals surface area contributed by atoms with Gasteiger partial charge in [-0.25, -0.2) is 0 Å². The minimum Gasteiger partial charge on any atom is -0.358 e. The van der Waals surface area contributed by atoms with E-state index in [1.165, 1.54) is 148 Å². The van der Waals surface area contributed by atoms with Crippen LogP contribution in [0.5, 0.6) is 0 Å². The SMILES string of the molecule is C1CCCC1.CN(C)[C@H](c1ccccc1P(C1CCCCC1)C1CCCCC1)C1CCCC1P(C1CCCCC1)C1CCCCC1.[CH3-].[CH3-].[Fe+2]. The summed E-state index contributed by atoms with van der Waals surface area (Å²) in [6, 6.07) is 10.8. The molecule has 7 rings (SSSR count). The van der Waals surface area contributed by atoms with E-state index in [9.17, 15) is 0 Å². The normalized spacial score (nSPS) is 26.8. The fraction of sp³-hybridized carbons (Fsp3) is 0.822. The molecule has 0 bridgehead atoms. The molecule has 0 N–H and O–H groups in total. The van der Waals surface area contributed by atoms with E-state index in [1.54, 1.807) is 37.7 Å². The van der Waals surface area contributed by atoms with Gasteiger partial charge in [-0.1, -0.05) is 156 Å². The summed E-state index contributed by atoms with van der Waals surface area (Å²) in [7, 11) is 5.01. The van der Waals surface area contributed by atoms with Crippen LogP contribution in [0.1, 0.15) is 191 Å². The van der Waals surface area contributed by atoms with E-state index in [0.29, 0.717) is 6.04 Å². The molecule has 1 aromatic rings. The van der Waals surface area contributed by atoms with Crippen molar-refractivity contribution in [2.24, 2.45) is 5.92 Å². The van der Waals surface area contributed by atoms with Crippen LogP contribution in [0.4, 0.5) is 0 Å². The van der Waals surface area contributed by atoms with Gasteiger partial charge < -0.3 is 19.8 Å². The summed E-state index contributed by atoms with van der Waals surface area (Å²) in [5.74, 6) is 0.885. The van der Waals surface area contributed by atoms with Crippen LogP contribution < -0.4 is 5.30 Å². The second-order valence-electron chi connectivity index (χ2n) is 16.9. The van der Waals surface area contributed by atoms with Gasteiger partial charge in [0.1, 0.15) is 0 Å². The van der Waals surface area contributed by atoms with Crippen molar-refractivity contribution in [2.75, 3.05) is 14.1 Å². The van der Waals surface area contributed by atoms with Crippen LogP contribution in [0.2, 0.25) is 0 Å². The van der Waals surface area contributed by atoms with Crippen LogP contribution in [0.15, 0.2) is 24.3 Å². The first-order valence-electron chi connectivity index (χ1n) is 21.0. The Hall–Kier alpha value is 0.559. The molecule has 6 fully saturated rings. The zero-order chi connectivity index (χ0) is 31.6. The Balaban J connectivity index is 0.000000748. The third-order valence-electron chi connectivity index (χ3n) is 13.6. The third kappa shape index (κ3) is 11.8. The molecule has 0 spiro atoms. The fourth-order valence-corrected chi connectivity index (χ4v) is 20.3. The predicted octanol–water partition coefficient (Wildman–Crippen LogP) is 14.2. The molecule has 6 saturated carbocycles. The molecule has 3 atom stereocenters. The van der Waals surface area contributed by atoms with Crippen molar-refractivity contribution in [3.05, 3.63) is 44.7 Å². The topological polar surface area (TPSA) is 3.24 Å². The molecule has 1 aromatic carbocycles. The fourth-order valence-electron chi connectivity index (χ4n) is 11.5. The van der Waals surface area contributed by atoms with Crippen molar-refractivity contribution < 1.29 is 17.1 Å². The third-order valence-corrected chi connectivity index (χ3v) is 21.3. The molecule has 0 aliphatic heterocycles. The van der Waals surface area contributed by atoms with Crippen LogP contribution in [0.25, 0.3) is 0 Å². The van der Waals surface area contributed by atoms with Crippen molar-refractivity contribution in [3.63, 3.8) is 0 Å². The van der Waals surface area contributed by atoms with Crippen molar-refractivity contribution in [1.29, 1.82) is 0 Å². The molecule has 282 valence electrons. The molecular weight excluding hydrogens is 672 g/mol. The van der Waals surface area contributed by atoms with Gasteiger partial charge >= 0.3 is 17.1 Å². The van der Waals surface area contributed by atoms with Crippen LogP contribution in [0.3, 0.4) is 0 Å². The van der Waals surface area contributed by atoms with Gasteiger partial charge in [0.2, 0.25) is 0 Å². The van der Waals surface area contributed by atoms with E-state index in [4.69, 9.17) is 0 Å². The smallest absolute Gasteiger partial charge is 0.358 e. The summed E-state index contributed by atoms with van der Waals surface area (Å²) >= 11 is 0. The van der Waals surface area contributed by atoms with E-state index in [2.05, 4.69) is 43.3 Å². The van der Waals surface area contributed by atoms with Gasteiger partial charge in [0.05, 0.1) is 0 Å². The van der Waals surface area contributed by atoms with Crippen molar-refractivity contribution in [2.45, 2.75) is 214 Å². The van der Waals surface area contributed by atoms with Gasteiger partial charge in [-0.05, 0) is 123 Å². The Kier molecular flexibility index (Phi) is 21.0. The van der Waals surface area contributed by atoms with Crippen LogP contribution >= 0.6 is 15.8 Å². The van der Waals surface area contributed by atoms with Crippen molar-refractivity contribution in [3.8, 4) is 0 Å². The number of benzene rings is 1. The summed E-state index contributed by atoms with van der Waals surface area (Å²) in [6.45, 7) is 0. The van der Waals surface area contributed by atoms with Crippen molar-refractivity contribution in [1.82, 2.24) is 4.90 Å². The van der Waals surface area contributed by atoms with E-state index in [0.717, 1.165) is 34.2 Å². The van der Waals surface area contributed by atoms with Gasteiger partial charge in [-0.2, -0.15) is 0 Å². The maximum absolute atomic E-state index is 2.73. The van der Waals surface area contributed by atoms with Gasteiger partial charge in [0.15, 0.2) is 0 Å². The molecule has 0 amide bonds. The minimum absolute atomic E-state index is 0. The Labute approximate surface area is 320 Å². The standard InChI is InChI=1S/C38H63NP2.C5H10.2CH3.Fe/c1-39(2)38(35-27-17-29-37(35)41(32-22-11-5-12-23-32)33-24-13-6-14-25-33)34-26-15-16-28-36(34)40(30-18-7-3-8-19-30)31-20-9-4-10-21-31;1-2-4-5-3-1;;;/h15-16,26,28,30-33,35,37-38H,3-14,17-25,27,29H2,1-2H3;1-5H2;2*1H3;/q;;2*-1;+2/t35?,37?,38-;;;;/m1..../s1. The molecule has 0 aromatic heterocycles. The Morgan fingerprint density at radius 3 is 1.31 bits per heavy atom. The zero-order valence-electron chi connectivity index (χ0n) is 32.8. The molecule has 49 heavy (non-hydrogen) atoms. The van der Waals surface area contributed by atoms with Gasteiger partial charge in [0, 0.05) is 6.04 Å². The van der Waals surface area contributed by atoms with Crippen LogP contribution in [-0.4, -0.2) is 47.3 Å². The molecule has 1 nitrogen and oxygen atoms in total. The second kappa shape index (κ2) is 23.4. The molecule has 6 aliphatic rings. The number of hydrogen-bond acceptors (Lipinski definition) is 1. The maximum Gasteiger partial charge on any atom is 2.00 e. The molecule has 2 unspecified atom stereocenters.